The van der Waals surface area contributed by atoms with E-state index >= 15 is 0 Å². The van der Waals surface area contributed by atoms with E-state index in [0.717, 1.165) is 12.3 Å². The summed E-state index contributed by atoms with van der Waals surface area (Å²) in [5.41, 5.74) is -0.153. The molecule has 0 aliphatic carbocycles. The highest BCUT2D eigenvalue weighted by atomic mass is 35.5. The van der Waals surface area contributed by atoms with Crippen LogP contribution in [0.5, 0.6) is 5.75 Å². The van der Waals surface area contributed by atoms with Crippen LogP contribution < -0.4 is 4.74 Å². The Morgan fingerprint density at radius 2 is 2.05 bits per heavy atom. The van der Waals surface area contributed by atoms with Gasteiger partial charge in [-0.15, -0.1) is 0 Å². The number of carbonyl (C=O) groups excluding carboxylic acids is 1. The molecule has 0 bridgehead atoms. The standard InChI is InChI=1S/C15H10ClF3O3/c1-3-8-5-10(16)6-9-7-11(14(20)21-4-2)13(15(17,18)19)22-12(8)9/h3-7,13H,1-2H2. The number of halogens is 4. The largest absolute Gasteiger partial charge is 0.475 e. The van der Waals surface area contributed by atoms with Crippen molar-refractivity contribution in [2.24, 2.45) is 0 Å². The van der Waals surface area contributed by atoms with E-state index in [0.29, 0.717) is 5.56 Å². The van der Waals surface area contributed by atoms with Crippen LogP contribution in [0.2, 0.25) is 5.02 Å². The van der Waals surface area contributed by atoms with Gasteiger partial charge in [0, 0.05) is 16.1 Å². The lowest BCUT2D eigenvalue weighted by Crippen LogP contribution is -2.40. The number of hydrogen-bond acceptors (Lipinski definition) is 3. The summed E-state index contributed by atoms with van der Waals surface area (Å²) in [6, 6.07) is 2.80. The van der Waals surface area contributed by atoms with Crippen LogP contribution in [-0.2, 0) is 9.53 Å². The smallest absolute Gasteiger partial charge is 0.430 e. The van der Waals surface area contributed by atoms with Crippen LogP contribution in [0.1, 0.15) is 11.1 Å². The third-order valence-electron chi connectivity index (χ3n) is 2.88. The lowest BCUT2D eigenvalue weighted by molar-refractivity contribution is -0.187. The quantitative estimate of drug-likeness (QED) is 0.609. The minimum atomic E-state index is -4.79. The Morgan fingerprint density at radius 3 is 2.59 bits per heavy atom. The average molecular weight is 331 g/mol. The average Bonchev–Trinajstić information content (AvgIpc) is 2.44. The van der Waals surface area contributed by atoms with Gasteiger partial charge in [-0.05, 0) is 18.2 Å². The first-order valence-corrected chi connectivity index (χ1v) is 6.38. The number of rotatable bonds is 3. The number of ether oxygens (including phenoxy) is 2. The predicted molar refractivity (Wildman–Crippen MR) is 76.3 cm³/mol. The van der Waals surface area contributed by atoms with Crippen molar-refractivity contribution in [1.82, 2.24) is 0 Å². The normalized spacial score (nSPS) is 16.9. The van der Waals surface area contributed by atoms with Crippen LogP contribution >= 0.6 is 11.6 Å². The van der Waals surface area contributed by atoms with Crippen molar-refractivity contribution in [3.63, 3.8) is 0 Å². The summed E-state index contributed by atoms with van der Waals surface area (Å²) in [7, 11) is 0. The minimum absolute atomic E-state index is 0.0446. The van der Waals surface area contributed by atoms with Crippen molar-refractivity contribution in [3.05, 3.63) is 53.3 Å². The maximum Gasteiger partial charge on any atom is 0.430 e. The number of benzene rings is 1. The van der Waals surface area contributed by atoms with Gasteiger partial charge >= 0.3 is 12.1 Å². The van der Waals surface area contributed by atoms with Gasteiger partial charge in [-0.2, -0.15) is 13.2 Å². The third kappa shape index (κ3) is 3.01. The van der Waals surface area contributed by atoms with Gasteiger partial charge in [0.25, 0.3) is 0 Å². The number of fused-ring (bicyclic) bond motifs is 1. The first-order chi connectivity index (χ1) is 10.3. The van der Waals surface area contributed by atoms with Gasteiger partial charge in [-0.1, -0.05) is 30.8 Å². The topological polar surface area (TPSA) is 35.5 Å². The molecule has 1 heterocycles. The Morgan fingerprint density at radius 1 is 1.36 bits per heavy atom. The van der Waals surface area contributed by atoms with Crippen molar-refractivity contribution < 1.29 is 27.4 Å². The van der Waals surface area contributed by atoms with Gasteiger partial charge < -0.3 is 9.47 Å². The summed E-state index contributed by atoms with van der Waals surface area (Å²) >= 11 is 5.89. The number of alkyl halides is 3. The molecule has 1 atom stereocenters. The summed E-state index contributed by atoms with van der Waals surface area (Å²) in [6.07, 6.45) is -4.12. The monoisotopic (exact) mass is 330 g/mol. The van der Waals surface area contributed by atoms with Crippen LogP contribution in [0.25, 0.3) is 12.2 Å². The fraction of sp³-hybridized carbons (Fsp3) is 0.133. The molecular formula is C15H10ClF3O3. The molecule has 1 unspecified atom stereocenters. The van der Waals surface area contributed by atoms with E-state index in [1.807, 2.05) is 0 Å². The van der Waals surface area contributed by atoms with E-state index < -0.39 is 23.8 Å². The van der Waals surface area contributed by atoms with Crippen LogP contribution in [0, 0.1) is 0 Å². The van der Waals surface area contributed by atoms with E-state index in [9.17, 15) is 18.0 Å². The molecule has 1 aromatic rings. The minimum Gasteiger partial charge on any atom is -0.475 e. The van der Waals surface area contributed by atoms with Crippen molar-refractivity contribution >= 4 is 29.7 Å². The summed E-state index contributed by atoms with van der Waals surface area (Å²) in [4.78, 5) is 11.7. The molecule has 1 aliphatic heterocycles. The molecule has 0 saturated heterocycles. The summed E-state index contributed by atoms with van der Waals surface area (Å²) in [6.45, 7) is 6.65. The highest BCUT2D eigenvalue weighted by Gasteiger charge is 2.49. The molecule has 0 saturated carbocycles. The van der Waals surface area contributed by atoms with Crippen molar-refractivity contribution in [2.75, 3.05) is 0 Å². The highest BCUT2D eigenvalue weighted by Crippen LogP contribution is 2.41. The van der Waals surface area contributed by atoms with Crippen molar-refractivity contribution in [3.8, 4) is 5.75 Å². The molecular weight excluding hydrogens is 321 g/mol. The fourth-order valence-electron chi connectivity index (χ4n) is 2.01. The lowest BCUT2D eigenvalue weighted by atomic mass is 9.98. The molecule has 1 aliphatic rings. The molecule has 0 spiro atoms. The fourth-order valence-corrected chi connectivity index (χ4v) is 2.24. The SMILES string of the molecule is C=COC(=O)C1=Cc2cc(Cl)cc(C=C)c2OC1C(F)(F)F. The molecule has 116 valence electrons. The molecule has 2 rings (SSSR count). The van der Waals surface area contributed by atoms with Crippen LogP contribution in [0.15, 0.2) is 37.1 Å². The molecule has 1 aromatic carbocycles. The van der Waals surface area contributed by atoms with Gasteiger partial charge in [-0.3, -0.25) is 0 Å². The second kappa shape index (κ2) is 5.88. The van der Waals surface area contributed by atoms with Gasteiger partial charge in [0.15, 0.2) is 0 Å². The third-order valence-corrected chi connectivity index (χ3v) is 3.10. The summed E-state index contributed by atoms with van der Waals surface area (Å²) in [5.74, 6) is -1.24. The van der Waals surface area contributed by atoms with E-state index in [4.69, 9.17) is 16.3 Å². The Hall–Kier alpha value is -2.21. The maximum absolute atomic E-state index is 13.1. The second-order valence-electron chi connectivity index (χ2n) is 4.33. The van der Waals surface area contributed by atoms with E-state index in [1.54, 1.807) is 0 Å². The van der Waals surface area contributed by atoms with E-state index in [-0.39, 0.29) is 16.3 Å². The van der Waals surface area contributed by atoms with Crippen LogP contribution in [0.4, 0.5) is 13.2 Å². The van der Waals surface area contributed by atoms with Gasteiger partial charge in [0.05, 0.1) is 11.8 Å². The number of carbonyl (C=O) groups is 1. The number of esters is 1. The highest BCUT2D eigenvalue weighted by molar-refractivity contribution is 6.31. The summed E-state index contributed by atoms with van der Waals surface area (Å²) < 4.78 is 48.9. The predicted octanol–water partition coefficient (Wildman–Crippen LogP) is 4.38. The molecule has 7 heteroatoms. The van der Waals surface area contributed by atoms with Crippen molar-refractivity contribution in [2.45, 2.75) is 12.3 Å². The molecule has 22 heavy (non-hydrogen) atoms. The zero-order valence-electron chi connectivity index (χ0n) is 11.1. The van der Waals surface area contributed by atoms with Crippen LogP contribution in [0.3, 0.4) is 0 Å². The molecule has 0 radical (unpaired) electrons. The molecule has 0 fully saturated rings. The Kier molecular flexibility index (Phi) is 4.32. The second-order valence-corrected chi connectivity index (χ2v) is 4.77. The zero-order chi connectivity index (χ0) is 16.5. The molecule has 0 N–H and O–H groups in total. The van der Waals surface area contributed by atoms with E-state index in [1.165, 1.54) is 18.2 Å². The lowest BCUT2D eigenvalue weighted by Gasteiger charge is -2.28. The zero-order valence-corrected chi connectivity index (χ0v) is 11.9. The maximum atomic E-state index is 13.1. The first kappa shape index (κ1) is 16.2. The molecule has 0 aromatic heterocycles. The number of hydrogen-bond donors (Lipinski definition) is 0. The Labute approximate surface area is 129 Å². The Balaban J connectivity index is 2.62. The van der Waals surface area contributed by atoms with Gasteiger partial charge in [0.1, 0.15) is 5.75 Å². The first-order valence-electron chi connectivity index (χ1n) is 6.00. The molecule has 3 nitrogen and oxygen atoms in total. The van der Waals surface area contributed by atoms with E-state index in [2.05, 4.69) is 17.9 Å². The van der Waals surface area contributed by atoms with Crippen molar-refractivity contribution in [1.29, 1.82) is 0 Å². The van der Waals surface area contributed by atoms with Crippen LogP contribution in [-0.4, -0.2) is 18.2 Å². The molecule has 0 amide bonds. The summed E-state index contributed by atoms with van der Waals surface area (Å²) in [5, 5.41) is 0.274. The van der Waals surface area contributed by atoms with Gasteiger partial charge in [0.2, 0.25) is 6.10 Å². The van der Waals surface area contributed by atoms with Gasteiger partial charge in [-0.25, -0.2) is 4.79 Å². The Bertz CT molecular complexity index is 677.